The van der Waals surface area contributed by atoms with Gasteiger partial charge in [0.25, 0.3) is 0 Å². The van der Waals surface area contributed by atoms with Crippen LogP contribution in [0.2, 0.25) is 0 Å². The third-order valence-corrected chi connectivity index (χ3v) is 4.48. The van der Waals surface area contributed by atoms with Crippen molar-refractivity contribution in [3.05, 3.63) is 30.1 Å². The van der Waals surface area contributed by atoms with Crippen molar-refractivity contribution in [2.24, 2.45) is 0 Å². The molecule has 1 amide bonds. The second kappa shape index (κ2) is 9.36. The Bertz CT molecular complexity index is 611. The predicted molar refractivity (Wildman–Crippen MR) is 93.2 cm³/mol. The van der Waals surface area contributed by atoms with E-state index in [9.17, 15) is 14.7 Å². The lowest BCUT2D eigenvalue weighted by Crippen LogP contribution is -2.34. The molecule has 0 aliphatic carbocycles. The first kappa shape index (κ1) is 19.2. The molecule has 1 unspecified atom stereocenters. The van der Waals surface area contributed by atoms with Crippen molar-refractivity contribution < 1.29 is 19.8 Å². The van der Waals surface area contributed by atoms with Crippen molar-refractivity contribution in [2.45, 2.75) is 64.1 Å². The van der Waals surface area contributed by atoms with E-state index in [2.05, 4.69) is 12.0 Å². The number of carbonyl (C=O) groups is 2. The minimum absolute atomic E-state index is 0.0113. The molecule has 1 aromatic rings. The average Bonchev–Trinajstić information content (AvgIpc) is 3.18. The molecule has 2 atom stereocenters. The van der Waals surface area contributed by atoms with E-state index in [1.165, 1.54) is 17.1 Å². The molecule has 7 nitrogen and oxygen atoms in total. The van der Waals surface area contributed by atoms with Gasteiger partial charge in [0.15, 0.2) is 0 Å². The van der Waals surface area contributed by atoms with Crippen molar-refractivity contribution >= 4 is 11.9 Å². The van der Waals surface area contributed by atoms with Gasteiger partial charge in [-0.3, -0.25) is 9.48 Å². The van der Waals surface area contributed by atoms with Gasteiger partial charge in [0, 0.05) is 19.2 Å². The maximum absolute atomic E-state index is 12.1. The molecule has 2 heterocycles. The topological polar surface area (TPSA) is 95.7 Å². The van der Waals surface area contributed by atoms with Crippen molar-refractivity contribution in [1.82, 2.24) is 14.7 Å². The molecule has 2 rings (SSSR count). The zero-order valence-corrected chi connectivity index (χ0v) is 14.7. The number of aromatic nitrogens is 2. The highest BCUT2D eigenvalue weighted by atomic mass is 16.4. The monoisotopic (exact) mass is 349 g/mol. The van der Waals surface area contributed by atoms with Crippen LogP contribution in [0.3, 0.4) is 0 Å². The Kier molecular flexibility index (Phi) is 7.18. The number of hydrogen-bond acceptors (Lipinski definition) is 4. The Morgan fingerprint density at radius 3 is 2.92 bits per heavy atom. The highest BCUT2D eigenvalue weighted by molar-refractivity contribution is 5.86. The van der Waals surface area contributed by atoms with Crippen molar-refractivity contribution in [2.75, 3.05) is 6.54 Å². The predicted octanol–water partition coefficient (Wildman–Crippen LogP) is 2.07. The number of rotatable bonds is 10. The van der Waals surface area contributed by atoms with E-state index in [1.807, 2.05) is 6.08 Å². The maximum atomic E-state index is 12.1. The van der Waals surface area contributed by atoms with Gasteiger partial charge in [-0.1, -0.05) is 38.3 Å². The van der Waals surface area contributed by atoms with E-state index < -0.39 is 12.1 Å². The summed E-state index contributed by atoms with van der Waals surface area (Å²) >= 11 is 0. The molecule has 0 saturated carbocycles. The molecule has 2 N–H and O–H groups in total. The van der Waals surface area contributed by atoms with E-state index >= 15 is 0 Å². The lowest BCUT2D eigenvalue weighted by Gasteiger charge is -2.22. The molecule has 1 aromatic heterocycles. The smallest absolute Gasteiger partial charge is 0.338 e. The van der Waals surface area contributed by atoms with Gasteiger partial charge >= 0.3 is 5.97 Å². The molecule has 7 heteroatoms. The van der Waals surface area contributed by atoms with Gasteiger partial charge in [-0.2, -0.15) is 5.10 Å². The first-order valence-electron chi connectivity index (χ1n) is 8.93. The summed E-state index contributed by atoms with van der Waals surface area (Å²) in [7, 11) is 0. The Morgan fingerprint density at radius 1 is 1.44 bits per heavy atom. The second-order valence-corrected chi connectivity index (χ2v) is 6.44. The van der Waals surface area contributed by atoms with E-state index in [0.717, 1.165) is 32.1 Å². The molecule has 0 radical (unpaired) electrons. The van der Waals surface area contributed by atoms with Crippen LogP contribution in [0.15, 0.2) is 24.5 Å². The molecule has 25 heavy (non-hydrogen) atoms. The third-order valence-electron chi connectivity index (χ3n) is 4.48. The molecule has 138 valence electrons. The first-order chi connectivity index (χ1) is 12.0. The molecule has 0 spiro atoms. The van der Waals surface area contributed by atoms with E-state index in [1.54, 1.807) is 11.0 Å². The first-order valence-corrected chi connectivity index (χ1v) is 8.93. The van der Waals surface area contributed by atoms with Crippen molar-refractivity contribution in [3.8, 4) is 0 Å². The average molecular weight is 349 g/mol. The fraction of sp³-hybridized carbons (Fsp3) is 0.611. The Hall–Kier alpha value is -2.15. The summed E-state index contributed by atoms with van der Waals surface area (Å²) in [4.78, 5) is 24.7. The SMILES string of the molecule is CCCCCC(O)/C=C/[C@H]1CCC(=O)N1CCn1cc(C(=O)O)cn1. The number of carboxylic acid groups (broad SMARTS) is 1. The number of nitrogens with zero attached hydrogens (tertiary/aromatic N) is 3. The summed E-state index contributed by atoms with van der Waals surface area (Å²) in [5.74, 6) is -0.929. The number of amides is 1. The van der Waals surface area contributed by atoms with Gasteiger partial charge in [0.05, 0.1) is 30.5 Å². The number of aliphatic hydroxyl groups is 1. The number of aromatic carboxylic acids is 1. The Labute approximate surface area is 147 Å². The fourth-order valence-electron chi connectivity index (χ4n) is 3.01. The molecule has 0 bridgehead atoms. The van der Waals surface area contributed by atoms with Gasteiger partial charge in [-0.15, -0.1) is 0 Å². The zero-order chi connectivity index (χ0) is 18.2. The maximum Gasteiger partial charge on any atom is 0.338 e. The van der Waals surface area contributed by atoms with Gasteiger partial charge in [-0.05, 0) is 12.8 Å². The summed E-state index contributed by atoms with van der Waals surface area (Å²) in [6.45, 7) is 3.05. The Morgan fingerprint density at radius 2 is 2.24 bits per heavy atom. The molecule has 1 aliphatic heterocycles. The van der Waals surface area contributed by atoms with Crippen molar-refractivity contribution in [1.29, 1.82) is 0 Å². The summed E-state index contributed by atoms with van der Waals surface area (Å²) in [6.07, 6.45) is 11.3. The number of carbonyl (C=O) groups excluding carboxylic acids is 1. The van der Waals surface area contributed by atoms with E-state index in [4.69, 9.17) is 5.11 Å². The fourth-order valence-corrected chi connectivity index (χ4v) is 3.01. The van der Waals surface area contributed by atoms with Crippen LogP contribution < -0.4 is 0 Å². The summed E-state index contributed by atoms with van der Waals surface area (Å²) in [5.41, 5.74) is 0.138. The number of likely N-dealkylation sites (tertiary alicyclic amines) is 1. The zero-order valence-electron chi connectivity index (χ0n) is 14.7. The largest absolute Gasteiger partial charge is 0.478 e. The van der Waals surface area contributed by atoms with Gasteiger partial charge in [-0.25, -0.2) is 4.79 Å². The number of unbranched alkanes of at least 4 members (excludes halogenated alkanes) is 2. The number of hydrogen-bond donors (Lipinski definition) is 2. The van der Waals surface area contributed by atoms with Crippen molar-refractivity contribution in [3.63, 3.8) is 0 Å². The van der Waals surface area contributed by atoms with Crippen LogP contribution in [0.4, 0.5) is 0 Å². The van der Waals surface area contributed by atoms with Crippen LogP contribution in [0.5, 0.6) is 0 Å². The molecule has 0 aromatic carbocycles. The molecule has 1 saturated heterocycles. The molecular formula is C18H27N3O4. The van der Waals surface area contributed by atoms with Crippen LogP contribution in [0, 0.1) is 0 Å². The van der Waals surface area contributed by atoms with Gasteiger partial charge < -0.3 is 15.1 Å². The summed E-state index contributed by atoms with van der Waals surface area (Å²) in [6, 6.07) is -0.0113. The van der Waals surface area contributed by atoms with Gasteiger partial charge in [0.1, 0.15) is 0 Å². The van der Waals surface area contributed by atoms with E-state index in [-0.39, 0.29) is 17.5 Å². The minimum Gasteiger partial charge on any atom is -0.478 e. The van der Waals surface area contributed by atoms with Crippen LogP contribution in [-0.4, -0.2) is 55.5 Å². The molecular weight excluding hydrogens is 322 g/mol. The second-order valence-electron chi connectivity index (χ2n) is 6.44. The van der Waals surface area contributed by atoms with Crippen LogP contribution >= 0.6 is 0 Å². The summed E-state index contributed by atoms with van der Waals surface area (Å²) < 4.78 is 1.54. The quantitative estimate of drug-likeness (QED) is 0.498. The highest BCUT2D eigenvalue weighted by Gasteiger charge is 2.28. The number of aliphatic hydroxyl groups excluding tert-OH is 1. The number of carboxylic acids is 1. The van der Waals surface area contributed by atoms with Crippen LogP contribution in [0.25, 0.3) is 0 Å². The third kappa shape index (κ3) is 5.70. The Balaban J connectivity index is 1.86. The van der Waals surface area contributed by atoms with Crippen LogP contribution in [-0.2, 0) is 11.3 Å². The molecule has 1 fully saturated rings. The van der Waals surface area contributed by atoms with Gasteiger partial charge in [0.2, 0.25) is 5.91 Å². The lowest BCUT2D eigenvalue weighted by atomic mass is 10.1. The molecule has 1 aliphatic rings. The standard InChI is InChI=1S/C18H27N3O4/c1-2-3-4-5-16(22)8-6-15-7-9-17(23)21(15)11-10-20-13-14(12-19-20)18(24)25/h6,8,12-13,15-16,22H,2-5,7,9-11H2,1H3,(H,24,25)/b8-6+/t15-,16?/m0/s1. The summed E-state index contributed by atoms with van der Waals surface area (Å²) in [5, 5.41) is 22.9. The minimum atomic E-state index is -1.01. The normalized spacial score (nSPS) is 19.0. The lowest BCUT2D eigenvalue weighted by molar-refractivity contribution is -0.128. The highest BCUT2D eigenvalue weighted by Crippen LogP contribution is 2.20. The van der Waals surface area contributed by atoms with E-state index in [0.29, 0.717) is 19.5 Å². The van der Waals surface area contributed by atoms with Crippen LogP contribution in [0.1, 0.15) is 55.8 Å².